The molecule has 4 nitrogen and oxygen atoms in total. The van der Waals surface area contributed by atoms with E-state index in [0.717, 1.165) is 25.7 Å². The molecule has 0 radical (unpaired) electrons. The van der Waals surface area contributed by atoms with Gasteiger partial charge in [-0.2, -0.15) is 0 Å². The van der Waals surface area contributed by atoms with Crippen molar-refractivity contribution < 1.29 is 14.3 Å². The Balaban J connectivity index is 2.11. The molecule has 19 heavy (non-hydrogen) atoms. The third-order valence-electron chi connectivity index (χ3n) is 3.51. The van der Waals surface area contributed by atoms with Gasteiger partial charge in [-0.15, -0.1) is 0 Å². The fraction of sp³-hybridized carbons (Fsp3) is 0.733. The van der Waals surface area contributed by atoms with Crippen molar-refractivity contribution in [3.8, 4) is 0 Å². The minimum Gasteiger partial charge on any atom is -0.455 e. The summed E-state index contributed by atoms with van der Waals surface area (Å²) in [6.07, 6.45) is 8.76. The third-order valence-corrected chi connectivity index (χ3v) is 3.51. The van der Waals surface area contributed by atoms with Crippen LogP contribution in [-0.4, -0.2) is 25.0 Å². The smallest absolute Gasteiger partial charge is 0.309 e. The maximum atomic E-state index is 11.5. The van der Waals surface area contributed by atoms with Crippen molar-refractivity contribution in [2.45, 2.75) is 52.4 Å². The Bertz CT molecular complexity index is 336. The van der Waals surface area contributed by atoms with Crippen LogP contribution >= 0.6 is 0 Å². The van der Waals surface area contributed by atoms with Gasteiger partial charge in [-0.05, 0) is 38.5 Å². The number of carbonyl (C=O) groups excluding carboxylic acids is 2. The zero-order valence-electron chi connectivity index (χ0n) is 12.0. The molecule has 1 amide bonds. The lowest BCUT2D eigenvalue weighted by molar-refractivity contribution is -0.152. The van der Waals surface area contributed by atoms with Crippen molar-refractivity contribution in [3.05, 3.63) is 11.6 Å². The first-order valence-electron chi connectivity index (χ1n) is 7.24. The molecule has 4 heteroatoms. The monoisotopic (exact) mass is 267 g/mol. The molecule has 0 aliphatic heterocycles. The molecule has 1 unspecified atom stereocenters. The molecule has 0 heterocycles. The first-order chi connectivity index (χ1) is 9.13. The second-order valence-electron chi connectivity index (χ2n) is 5.13. The van der Waals surface area contributed by atoms with E-state index in [0.29, 0.717) is 6.54 Å². The first-order valence-corrected chi connectivity index (χ1v) is 7.24. The number of carbonyl (C=O) groups is 2. The van der Waals surface area contributed by atoms with Gasteiger partial charge < -0.3 is 10.1 Å². The van der Waals surface area contributed by atoms with Gasteiger partial charge in [0.25, 0.3) is 5.91 Å². The lowest BCUT2D eigenvalue weighted by Gasteiger charge is -2.13. The summed E-state index contributed by atoms with van der Waals surface area (Å²) in [5.41, 5.74) is 1.43. The number of hydrogen-bond donors (Lipinski definition) is 1. The van der Waals surface area contributed by atoms with E-state index in [1.165, 1.54) is 18.4 Å². The molecule has 1 atom stereocenters. The fourth-order valence-electron chi connectivity index (χ4n) is 1.99. The molecule has 0 saturated carbocycles. The van der Waals surface area contributed by atoms with E-state index in [4.69, 9.17) is 4.74 Å². The number of nitrogens with one attached hydrogen (secondary N) is 1. The van der Waals surface area contributed by atoms with Crippen LogP contribution in [0.1, 0.15) is 52.4 Å². The van der Waals surface area contributed by atoms with Gasteiger partial charge in [0.15, 0.2) is 6.61 Å². The summed E-state index contributed by atoms with van der Waals surface area (Å²) < 4.78 is 4.93. The van der Waals surface area contributed by atoms with Crippen LogP contribution in [-0.2, 0) is 14.3 Å². The molecule has 0 aromatic carbocycles. The summed E-state index contributed by atoms with van der Waals surface area (Å²) in [7, 11) is 0. The maximum Gasteiger partial charge on any atom is 0.309 e. The number of amides is 1. The predicted octanol–water partition coefficient (Wildman–Crippen LogP) is 2.58. The summed E-state index contributed by atoms with van der Waals surface area (Å²) in [6.45, 7) is 4.19. The van der Waals surface area contributed by atoms with Gasteiger partial charge in [0.2, 0.25) is 0 Å². The number of esters is 1. The molecule has 1 rings (SSSR count). The van der Waals surface area contributed by atoms with Crippen LogP contribution in [0.25, 0.3) is 0 Å². The highest BCUT2D eigenvalue weighted by Crippen LogP contribution is 2.19. The Morgan fingerprint density at radius 3 is 2.84 bits per heavy atom. The quantitative estimate of drug-likeness (QED) is 0.570. The van der Waals surface area contributed by atoms with Crippen molar-refractivity contribution in [1.82, 2.24) is 5.32 Å². The summed E-state index contributed by atoms with van der Waals surface area (Å²) in [6, 6.07) is 0. The summed E-state index contributed by atoms with van der Waals surface area (Å²) in [5, 5.41) is 2.79. The Morgan fingerprint density at radius 1 is 1.42 bits per heavy atom. The van der Waals surface area contributed by atoms with E-state index in [9.17, 15) is 9.59 Å². The van der Waals surface area contributed by atoms with E-state index in [1.54, 1.807) is 6.92 Å². The lowest BCUT2D eigenvalue weighted by Crippen LogP contribution is -2.30. The van der Waals surface area contributed by atoms with Crippen LogP contribution in [0.4, 0.5) is 0 Å². The van der Waals surface area contributed by atoms with Crippen LogP contribution < -0.4 is 5.32 Å². The number of rotatable bonds is 7. The molecular weight excluding hydrogens is 242 g/mol. The molecule has 0 aromatic heterocycles. The van der Waals surface area contributed by atoms with E-state index in [1.807, 2.05) is 6.92 Å². The highest BCUT2D eigenvalue weighted by atomic mass is 16.5. The van der Waals surface area contributed by atoms with Gasteiger partial charge in [-0.1, -0.05) is 25.5 Å². The molecule has 0 spiro atoms. The molecule has 1 aliphatic rings. The first kappa shape index (κ1) is 15.7. The highest BCUT2D eigenvalue weighted by Gasteiger charge is 2.13. The van der Waals surface area contributed by atoms with Gasteiger partial charge in [0, 0.05) is 6.54 Å². The fourth-order valence-corrected chi connectivity index (χ4v) is 1.99. The molecule has 0 fully saturated rings. The molecule has 0 saturated heterocycles. The molecule has 0 aromatic rings. The Labute approximate surface area is 115 Å². The Hall–Kier alpha value is -1.32. The zero-order chi connectivity index (χ0) is 14.1. The summed E-state index contributed by atoms with van der Waals surface area (Å²) in [5.74, 6) is -0.652. The van der Waals surface area contributed by atoms with Crippen LogP contribution in [0.2, 0.25) is 0 Å². The normalized spacial score (nSPS) is 16.4. The van der Waals surface area contributed by atoms with Gasteiger partial charge >= 0.3 is 5.97 Å². The van der Waals surface area contributed by atoms with Crippen molar-refractivity contribution in [2.24, 2.45) is 5.92 Å². The zero-order valence-corrected chi connectivity index (χ0v) is 12.0. The van der Waals surface area contributed by atoms with Crippen LogP contribution in [0.5, 0.6) is 0 Å². The molecule has 108 valence electrons. The summed E-state index contributed by atoms with van der Waals surface area (Å²) in [4.78, 5) is 22.9. The van der Waals surface area contributed by atoms with Crippen LogP contribution in [0, 0.1) is 5.92 Å². The average molecular weight is 267 g/mol. The number of ether oxygens (including phenoxy) is 1. The second-order valence-corrected chi connectivity index (χ2v) is 5.13. The maximum absolute atomic E-state index is 11.5. The van der Waals surface area contributed by atoms with E-state index in [2.05, 4.69) is 11.4 Å². The van der Waals surface area contributed by atoms with Gasteiger partial charge in [0.1, 0.15) is 0 Å². The SMILES string of the molecule is CCC(C)C(=O)OCC(=O)NCCC1=CCCCC1. The van der Waals surface area contributed by atoms with E-state index < -0.39 is 0 Å². The lowest BCUT2D eigenvalue weighted by atomic mass is 9.97. The number of hydrogen-bond acceptors (Lipinski definition) is 3. The topological polar surface area (TPSA) is 55.4 Å². The second kappa shape index (κ2) is 8.73. The Morgan fingerprint density at radius 2 is 2.21 bits per heavy atom. The van der Waals surface area contributed by atoms with Crippen molar-refractivity contribution in [1.29, 1.82) is 0 Å². The van der Waals surface area contributed by atoms with Gasteiger partial charge in [0.05, 0.1) is 5.92 Å². The Kier molecular flexibility index (Phi) is 7.23. The van der Waals surface area contributed by atoms with Gasteiger partial charge in [-0.3, -0.25) is 9.59 Å². The van der Waals surface area contributed by atoms with Crippen molar-refractivity contribution in [2.75, 3.05) is 13.2 Å². The molecule has 0 bridgehead atoms. The molecular formula is C15H25NO3. The van der Waals surface area contributed by atoms with Crippen LogP contribution in [0.15, 0.2) is 11.6 Å². The van der Waals surface area contributed by atoms with Crippen LogP contribution in [0.3, 0.4) is 0 Å². The molecule has 1 N–H and O–H groups in total. The van der Waals surface area contributed by atoms with Gasteiger partial charge in [-0.25, -0.2) is 0 Å². The molecule has 1 aliphatic carbocycles. The third kappa shape index (κ3) is 6.41. The van der Waals surface area contributed by atoms with E-state index >= 15 is 0 Å². The average Bonchev–Trinajstić information content (AvgIpc) is 2.45. The number of allylic oxidation sites excluding steroid dienone is 1. The van der Waals surface area contributed by atoms with Crippen molar-refractivity contribution >= 4 is 11.9 Å². The van der Waals surface area contributed by atoms with Crippen molar-refractivity contribution in [3.63, 3.8) is 0 Å². The highest BCUT2D eigenvalue weighted by molar-refractivity contribution is 5.81. The standard InChI is InChI=1S/C15H25NO3/c1-3-12(2)15(18)19-11-14(17)16-10-9-13-7-5-4-6-8-13/h7,12H,3-6,8-11H2,1-2H3,(H,16,17). The largest absolute Gasteiger partial charge is 0.455 e. The predicted molar refractivity (Wildman–Crippen MR) is 74.6 cm³/mol. The minimum absolute atomic E-state index is 0.139. The van der Waals surface area contributed by atoms with E-state index in [-0.39, 0.29) is 24.4 Å². The summed E-state index contributed by atoms with van der Waals surface area (Å²) >= 11 is 0. The minimum atomic E-state index is -0.298.